The fourth-order valence-electron chi connectivity index (χ4n) is 3.98. The van der Waals surface area contributed by atoms with Crippen LogP contribution in [0.5, 0.6) is 5.75 Å². The van der Waals surface area contributed by atoms with Crippen molar-refractivity contribution in [3.8, 4) is 17.1 Å². The summed E-state index contributed by atoms with van der Waals surface area (Å²) in [5, 5.41) is 2.28. The van der Waals surface area contributed by atoms with Crippen molar-refractivity contribution in [3.05, 3.63) is 99.0 Å². The fraction of sp³-hybridized carbons (Fsp3) is 0.0370. The Morgan fingerprint density at radius 2 is 1.65 bits per heavy atom. The van der Waals surface area contributed by atoms with Crippen LogP contribution in [0.15, 0.2) is 95.3 Å². The summed E-state index contributed by atoms with van der Waals surface area (Å²) in [6, 6.07) is 21.3. The molecule has 0 saturated heterocycles. The van der Waals surface area contributed by atoms with Crippen molar-refractivity contribution in [2.45, 2.75) is 6.92 Å². The Morgan fingerprint density at radius 1 is 0.824 bits per heavy atom. The molecule has 0 aliphatic rings. The topological polar surface area (TPSA) is 82.8 Å². The summed E-state index contributed by atoms with van der Waals surface area (Å²) in [4.78, 5) is 25.1. The maximum atomic E-state index is 12.9. The molecule has 0 saturated carbocycles. The predicted molar refractivity (Wildman–Crippen MR) is 131 cm³/mol. The van der Waals surface area contributed by atoms with Gasteiger partial charge < -0.3 is 18.0 Å². The molecule has 34 heavy (non-hydrogen) atoms. The second-order valence-electron chi connectivity index (χ2n) is 7.92. The van der Waals surface area contributed by atoms with Crippen LogP contribution in [0.3, 0.4) is 0 Å². The van der Waals surface area contributed by atoms with Gasteiger partial charge >= 0.3 is 11.6 Å². The van der Waals surface area contributed by atoms with Crippen LogP contribution in [0.1, 0.15) is 16.1 Å². The van der Waals surface area contributed by atoms with Gasteiger partial charge in [0, 0.05) is 32.3 Å². The van der Waals surface area contributed by atoms with E-state index in [0.717, 1.165) is 15.2 Å². The van der Waals surface area contributed by atoms with Crippen LogP contribution in [0.4, 0.5) is 0 Å². The molecule has 0 bridgehead atoms. The number of benzene rings is 3. The van der Waals surface area contributed by atoms with Crippen LogP contribution < -0.4 is 10.4 Å². The van der Waals surface area contributed by atoms with E-state index in [2.05, 4.69) is 15.9 Å². The molecule has 0 unspecified atom stereocenters. The normalized spacial score (nSPS) is 11.5. The minimum absolute atomic E-state index is 0.0877. The lowest BCUT2D eigenvalue weighted by Crippen LogP contribution is -2.08. The molecule has 0 spiro atoms. The van der Waals surface area contributed by atoms with Crippen molar-refractivity contribution in [2.75, 3.05) is 0 Å². The molecule has 0 N–H and O–H groups in total. The second kappa shape index (κ2) is 7.74. The highest BCUT2D eigenvalue weighted by molar-refractivity contribution is 9.10. The molecule has 0 amide bonds. The number of ether oxygens (including phenoxy) is 1. The SMILES string of the molecule is Cc1cc2oc(=O)cc(-c3cc4ccccc4o3)c2cc1OC(=O)c1cc2cc(Br)ccc2o1. The average Bonchev–Trinajstić information content (AvgIpc) is 3.43. The Morgan fingerprint density at radius 3 is 2.50 bits per heavy atom. The number of halogens is 1. The molecule has 166 valence electrons. The van der Waals surface area contributed by atoms with E-state index < -0.39 is 11.6 Å². The maximum Gasteiger partial charge on any atom is 0.379 e. The lowest BCUT2D eigenvalue weighted by atomic mass is 10.0. The molecular formula is C27H15BrO6. The van der Waals surface area contributed by atoms with E-state index in [-0.39, 0.29) is 5.76 Å². The van der Waals surface area contributed by atoms with Crippen molar-refractivity contribution in [1.29, 1.82) is 0 Å². The van der Waals surface area contributed by atoms with Gasteiger partial charge in [0.1, 0.15) is 28.3 Å². The van der Waals surface area contributed by atoms with Crippen LogP contribution in [-0.4, -0.2) is 5.97 Å². The number of carbonyl (C=O) groups is 1. The molecule has 3 heterocycles. The summed E-state index contributed by atoms with van der Waals surface area (Å²) in [7, 11) is 0. The maximum absolute atomic E-state index is 12.9. The summed E-state index contributed by atoms with van der Waals surface area (Å²) in [5.41, 5.74) is 2.33. The van der Waals surface area contributed by atoms with Crippen molar-refractivity contribution in [3.63, 3.8) is 0 Å². The minimum Gasteiger partial charge on any atom is -0.456 e. The van der Waals surface area contributed by atoms with E-state index in [1.807, 2.05) is 42.5 Å². The van der Waals surface area contributed by atoms with Crippen LogP contribution in [0, 0.1) is 6.92 Å². The van der Waals surface area contributed by atoms with E-state index in [4.69, 9.17) is 18.0 Å². The van der Waals surface area contributed by atoms with Gasteiger partial charge in [0.05, 0.1) is 0 Å². The van der Waals surface area contributed by atoms with Gasteiger partial charge in [0.2, 0.25) is 5.76 Å². The molecule has 3 aromatic carbocycles. The second-order valence-corrected chi connectivity index (χ2v) is 8.84. The number of rotatable bonds is 3. The molecule has 7 heteroatoms. The Bertz CT molecular complexity index is 1770. The molecule has 0 aliphatic carbocycles. The first kappa shape index (κ1) is 20.5. The van der Waals surface area contributed by atoms with Crippen LogP contribution >= 0.6 is 15.9 Å². The smallest absolute Gasteiger partial charge is 0.379 e. The van der Waals surface area contributed by atoms with Gasteiger partial charge in [0.15, 0.2) is 0 Å². The molecule has 6 nitrogen and oxygen atoms in total. The molecule has 3 aromatic heterocycles. The van der Waals surface area contributed by atoms with Crippen LogP contribution in [0.25, 0.3) is 44.2 Å². The summed E-state index contributed by atoms with van der Waals surface area (Å²) in [6.45, 7) is 1.77. The first-order valence-electron chi connectivity index (χ1n) is 10.4. The highest BCUT2D eigenvalue weighted by Gasteiger charge is 2.19. The minimum atomic E-state index is -0.627. The summed E-state index contributed by atoms with van der Waals surface area (Å²) in [5.74, 6) is 0.301. The first-order chi connectivity index (χ1) is 16.4. The number of hydrogen-bond donors (Lipinski definition) is 0. The third-order valence-corrected chi connectivity index (χ3v) is 6.11. The molecule has 0 aliphatic heterocycles. The standard InChI is InChI=1S/C27H15BrO6/c1-14-8-23-18(19(13-26(29)33-23)24-10-15-4-2-3-5-20(15)31-24)12-22(14)34-27(30)25-11-16-9-17(28)6-7-21(16)32-25/h2-13H,1H3. The highest BCUT2D eigenvalue weighted by Crippen LogP contribution is 2.35. The van der Waals surface area contributed by atoms with E-state index >= 15 is 0 Å². The third-order valence-electron chi connectivity index (χ3n) is 5.61. The van der Waals surface area contributed by atoms with E-state index in [0.29, 0.717) is 44.8 Å². The van der Waals surface area contributed by atoms with Crippen LogP contribution in [-0.2, 0) is 0 Å². The number of aryl methyl sites for hydroxylation is 1. The van der Waals surface area contributed by atoms with Crippen molar-refractivity contribution in [1.82, 2.24) is 0 Å². The van der Waals surface area contributed by atoms with Gasteiger partial charge in [-0.15, -0.1) is 0 Å². The van der Waals surface area contributed by atoms with Crippen molar-refractivity contribution in [2.24, 2.45) is 0 Å². The molecule has 0 radical (unpaired) electrons. The zero-order valence-electron chi connectivity index (χ0n) is 17.8. The Hall–Kier alpha value is -4.10. The molecule has 6 rings (SSSR count). The monoisotopic (exact) mass is 514 g/mol. The van der Waals surface area contributed by atoms with E-state index in [9.17, 15) is 9.59 Å². The van der Waals surface area contributed by atoms with Gasteiger partial charge in [0.25, 0.3) is 0 Å². The Kier molecular flexibility index (Phi) is 4.67. The number of para-hydroxylation sites is 1. The van der Waals surface area contributed by atoms with E-state index in [1.54, 1.807) is 31.2 Å². The van der Waals surface area contributed by atoms with Gasteiger partial charge in [-0.3, -0.25) is 0 Å². The number of carbonyl (C=O) groups excluding carboxylic acids is 1. The largest absolute Gasteiger partial charge is 0.456 e. The first-order valence-corrected chi connectivity index (χ1v) is 11.2. The zero-order chi connectivity index (χ0) is 23.4. The van der Waals surface area contributed by atoms with Crippen LogP contribution in [0.2, 0.25) is 0 Å². The van der Waals surface area contributed by atoms with Gasteiger partial charge in [-0.1, -0.05) is 34.1 Å². The highest BCUT2D eigenvalue weighted by atomic mass is 79.9. The quantitative estimate of drug-likeness (QED) is 0.140. The zero-order valence-corrected chi connectivity index (χ0v) is 19.3. The predicted octanol–water partition coefficient (Wildman–Crippen LogP) is 7.24. The summed E-state index contributed by atoms with van der Waals surface area (Å²) < 4.78 is 23.6. The average molecular weight is 515 g/mol. The van der Waals surface area contributed by atoms with Crippen molar-refractivity contribution >= 4 is 54.8 Å². The fourth-order valence-corrected chi connectivity index (χ4v) is 4.36. The van der Waals surface area contributed by atoms with Gasteiger partial charge in [-0.2, -0.15) is 0 Å². The molecular weight excluding hydrogens is 500 g/mol. The van der Waals surface area contributed by atoms with Gasteiger partial charge in [-0.25, -0.2) is 9.59 Å². The number of furan rings is 2. The number of esters is 1. The number of fused-ring (bicyclic) bond motifs is 3. The lowest BCUT2D eigenvalue weighted by Gasteiger charge is -2.09. The number of hydrogen-bond acceptors (Lipinski definition) is 6. The third kappa shape index (κ3) is 3.50. The Labute approximate surface area is 200 Å². The summed E-state index contributed by atoms with van der Waals surface area (Å²) >= 11 is 3.41. The van der Waals surface area contributed by atoms with Gasteiger partial charge in [-0.05, 0) is 61.0 Å². The lowest BCUT2D eigenvalue weighted by molar-refractivity contribution is 0.0703. The van der Waals surface area contributed by atoms with Crippen molar-refractivity contribution < 1.29 is 22.8 Å². The molecule has 0 fully saturated rings. The Balaban J connectivity index is 1.44. The van der Waals surface area contributed by atoms with E-state index in [1.165, 1.54) is 6.07 Å². The molecule has 6 aromatic rings. The molecule has 0 atom stereocenters. The summed E-state index contributed by atoms with van der Waals surface area (Å²) in [6.07, 6.45) is 0.